The molecule has 0 atom stereocenters. The van der Waals surface area contributed by atoms with Gasteiger partial charge in [-0.05, 0) is 29.5 Å². The molecule has 0 saturated heterocycles. The fraction of sp³-hybridized carbons (Fsp3) is 0.167. The zero-order valence-corrected chi connectivity index (χ0v) is 11.1. The summed E-state index contributed by atoms with van der Waals surface area (Å²) in [7, 11) is 0. The van der Waals surface area contributed by atoms with Gasteiger partial charge in [0.05, 0.1) is 6.54 Å². The Morgan fingerprint density at radius 3 is 2.47 bits per heavy atom. The van der Waals surface area contributed by atoms with Crippen molar-refractivity contribution in [1.29, 1.82) is 0 Å². The highest BCUT2D eigenvalue weighted by Gasteiger charge is 1.97. The molecular weight excluding hydrogens is 230 g/mol. The molecule has 1 nitrogen and oxygen atoms in total. The second-order valence-electron chi connectivity index (χ2n) is 4.48. The molecule has 0 N–H and O–H groups in total. The Bertz CT molecular complexity index is 541. The molecule has 2 aromatic rings. The smallest absolute Gasteiger partial charge is 0.0639 e. The first-order chi connectivity index (χ1) is 9.40. The molecule has 0 radical (unpaired) electrons. The maximum atomic E-state index is 4.53. The second kappa shape index (κ2) is 7.32. The first-order valence-corrected chi connectivity index (χ1v) is 6.62. The van der Waals surface area contributed by atoms with E-state index in [0.29, 0.717) is 0 Å². The highest BCUT2D eigenvalue weighted by Crippen LogP contribution is 2.10. The van der Waals surface area contributed by atoms with Crippen LogP contribution in [-0.4, -0.2) is 6.21 Å². The van der Waals surface area contributed by atoms with Crippen LogP contribution in [0.15, 0.2) is 72.2 Å². The van der Waals surface area contributed by atoms with E-state index in [1.807, 2.05) is 30.5 Å². The molecule has 2 rings (SSSR count). The van der Waals surface area contributed by atoms with Crippen molar-refractivity contribution in [2.75, 3.05) is 0 Å². The average molecular weight is 249 g/mol. The summed E-state index contributed by atoms with van der Waals surface area (Å²) in [6, 6.07) is 18.7. The van der Waals surface area contributed by atoms with Crippen molar-refractivity contribution in [1.82, 2.24) is 0 Å². The quantitative estimate of drug-likeness (QED) is 0.530. The Morgan fingerprint density at radius 2 is 1.68 bits per heavy atom. The van der Waals surface area contributed by atoms with Crippen LogP contribution in [0.4, 0.5) is 0 Å². The summed E-state index contributed by atoms with van der Waals surface area (Å²) < 4.78 is 0. The van der Waals surface area contributed by atoms with Crippen molar-refractivity contribution in [2.24, 2.45) is 4.99 Å². The molecular formula is C18H19N. The summed E-state index contributed by atoms with van der Waals surface area (Å²) >= 11 is 0. The van der Waals surface area contributed by atoms with Gasteiger partial charge >= 0.3 is 0 Å². The number of allylic oxidation sites excluding steroid dienone is 1. The molecule has 0 fully saturated rings. The molecule has 0 aliphatic carbocycles. The summed E-state index contributed by atoms with van der Waals surface area (Å²) in [6.45, 7) is 4.51. The van der Waals surface area contributed by atoms with Crippen molar-refractivity contribution in [3.05, 3.63) is 83.9 Å². The second-order valence-corrected chi connectivity index (χ2v) is 4.48. The van der Waals surface area contributed by atoms with Gasteiger partial charge in [-0.1, -0.05) is 60.7 Å². The number of rotatable bonds is 6. The maximum absolute atomic E-state index is 4.53. The standard InChI is InChI=1S/C18H19N/c1-2-3-11-17-12-7-8-13-18(17)15-19-14-16-9-5-4-6-10-16/h2,4-10,12-13,15H,1,3,11,14H2. The average Bonchev–Trinajstić information content (AvgIpc) is 2.47. The number of aliphatic imine (C=N–C) groups is 1. The predicted octanol–water partition coefficient (Wildman–Crippen LogP) is 4.42. The van der Waals surface area contributed by atoms with Gasteiger partial charge in [0, 0.05) is 6.21 Å². The Hall–Kier alpha value is -2.15. The monoisotopic (exact) mass is 249 g/mol. The summed E-state index contributed by atoms with van der Waals surface area (Å²) in [5, 5.41) is 0. The van der Waals surface area contributed by atoms with E-state index in [1.165, 1.54) is 16.7 Å². The molecule has 0 aromatic heterocycles. The first-order valence-electron chi connectivity index (χ1n) is 6.62. The number of nitrogens with zero attached hydrogens (tertiary/aromatic N) is 1. The summed E-state index contributed by atoms with van der Waals surface area (Å²) in [4.78, 5) is 4.53. The lowest BCUT2D eigenvalue weighted by molar-refractivity contribution is 0.999. The van der Waals surface area contributed by atoms with E-state index in [1.54, 1.807) is 0 Å². The first kappa shape index (κ1) is 13.3. The van der Waals surface area contributed by atoms with Gasteiger partial charge in [0.25, 0.3) is 0 Å². The third kappa shape index (κ3) is 4.22. The van der Waals surface area contributed by atoms with E-state index in [9.17, 15) is 0 Å². The van der Waals surface area contributed by atoms with Crippen LogP contribution >= 0.6 is 0 Å². The van der Waals surface area contributed by atoms with E-state index in [-0.39, 0.29) is 0 Å². The lowest BCUT2D eigenvalue weighted by Gasteiger charge is -2.03. The van der Waals surface area contributed by atoms with Crippen molar-refractivity contribution < 1.29 is 0 Å². The number of hydrogen-bond donors (Lipinski definition) is 0. The fourth-order valence-corrected chi connectivity index (χ4v) is 1.98. The van der Waals surface area contributed by atoms with Crippen LogP contribution in [0.5, 0.6) is 0 Å². The minimum Gasteiger partial charge on any atom is -0.288 e. The fourth-order valence-electron chi connectivity index (χ4n) is 1.98. The highest BCUT2D eigenvalue weighted by atomic mass is 14.7. The molecule has 0 amide bonds. The zero-order chi connectivity index (χ0) is 13.3. The molecule has 0 spiro atoms. The molecule has 0 heterocycles. The molecule has 0 aliphatic rings. The largest absolute Gasteiger partial charge is 0.288 e. The van der Waals surface area contributed by atoms with Crippen molar-refractivity contribution >= 4 is 6.21 Å². The highest BCUT2D eigenvalue weighted by molar-refractivity contribution is 5.81. The lowest BCUT2D eigenvalue weighted by Crippen LogP contribution is -1.93. The van der Waals surface area contributed by atoms with Gasteiger partial charge in [0.15, 0.2) is 0 Å². The molecule has 1 heteroatoms. The van der Waals surface area contributed by atoms with Gasteiger partial charge in [-0.15, -0.1) is 6.58 Å². The van der Waals surface area contributed by atoms with Crippen molar-refractivity contribution in [3.63, 3.8) is 0 Å². The van der Waals surface area contributed by atoms with Crippen LogP contribution in [0, 0.1) is 0 Å². The third-order valence-corrected chi connectivity index (χ3v) is 3.02. The Kier molecular flexibility index (Phi) is 5.12. The van der Waals surface area contributed by atoms with E-state index < -0.39 is 0 Å². The van der Waals surface area contributed by atoms with E-state index in [2.05, 4.69) is 48.0 Å². The molecule has 19 heavy (non-hydrogen) atoms. The van der Waals surface area contributed by atoms with Gasteiger partial charge in [0.1, 0.15) is 0 Å². The number of aryl methyl sites for hydroxylation is 1. The molecule has 0 bridgehead atoms. The third-order valence-electron chi connectivity index (χ3n) is 3.02. The van der Waals surface area contributed by atoms with Gasteiger partial charge in [-0.2, -0.15) is 0 Å². The summed E-state index contributed by atoms with van der Waals surface area (Å²) in [6.07, 6.45) is 5.96. The SMILES string of the molecule is C=CCCc1ccccc1C=NCc1ccccc1. The van der Waals surface area contributed by atoms with Crippen LogP contribution in [-0.2, 0) is 13.0 Å². The van der Waals surface area contributed by atoms with Crippen molar-refractivity contribution in [3.8, 4) is 0 Å². The minimum atomic E-state index is 0.733. The maximum Gasteiger partial charge on any atom is 0.0639 e. The van der Waals surface area contributed by atoms with Gasteiger partial charge in [-0.25, -0.2) is 0 Å². The van der Waals surface area contributed by atoms with Gasteiger partial charge < -0.3 is 0 Å². The van der Waals surface area contributed by atoms with Crippen molar-refractivity contribution in [2.45, 2.75) is 19.4 Å². The molecule has 0 saturated carbocycles. The zero-order valence-electron chi connectivity index (χ0n) is 11.1. The number of benzene rings is 2. The van der Waals surface area contributed by atoms with Crippen LogP contribution < -0.4 is 0 Å². The van der Waals surface area contributed by atoms with Crippen LogP contribution in [0.25, 0.3) is 0 Å². The summed E-state index contributed by atoms with van der Waals surface area (Å²) in [5.41, 5.74) is 3.78. The van der Waals surface area contributed by atoms with Gasteiger partial charge in [0.2, 0.25) is 0 Å². The Morgan fingerprint density at radius 1 is 0.947 bits per heavy atom. The normalized spacial score (nSPS) is 10.7. The van der Waals surface area contributed by atoms with Crippen LogP contribution in [0.2, 0.25) is 0 Å². The summed E-state index contributed by atoms with van der Waals surface area (Å²) in [5.74, 6) is 0. The topological polar surface area (TPSA) is 12.4 Å². The molecule has 96 valence electrons. The van der Waals surface area contributed by atoms with Crippen LogP contribution in [0.3, 0.4) is 0 Å². The Labute approximate surface area is 115 Å². The molecule has 0 unspecified atom stereocenters. The Balaban J connectivity index is 2.04. The predicted molar refractivity (Wildman–Crippen MR) is 82.7 cm³/mol. The van der Waals surface area contributed by atoms with Gasteiger partial charge in [-0.3, -0.25) is 4.99 Å². The number of hydrogen-bond acceptors (Lipinski definition) is 1. The van der Waals surface area contributed by atoms with E-state index in [4.69, 9.17) is 0 Å². The minimum absolute atomic E-state index is 0.733. The van der Waals surface area contributed by atoms with E-state index >= 15 is 0 Å². The van der Waals surface area contributed by atoms with Crippen LogP contribution in [0.1, 0.15) is 23.1 Å². The lowest BCUT2D eigenvalue weighted by atomic mass is 10.0. The van der Waals surface area contributed by atoms with E-state index in [0.717, 1.165) is 19.4 Å². The molecule has 2 aromatic carbocycles. The molecule has 0 aliphatic heterocycles.